The van der Waals surface area contributed by atoms with Crippen LogP contribution in [0.2, 0.25) is 0 Å². The van der Waals surface area contributed by atoms with Gasteiger partial charge in [0.25, 0.3) is 0 Å². The third-order valence-corrected chi connectivity index (χ3v) is 3.42. The third-order valence-electron chi connectivity index (χ3n) is 2.38. The minimum absolute atomic E-state index is 0.376. The van der Waals surface area contributed by atoms with Gasteiger partial charge in [-0.15, -0.1) is 0 Å². The van der Waals surface area contributed by atoms with Crippen molar-refractivity contribution in [2.45, 2.75) is 4.90 Å². The van der Waals surface area contributed by atoms with Crippen molar-refractivity contribution in [2.75, 3.05) is 20.6 Å². The molecule has 0 amide bonds. The van der Waals surface area contributed by atoms with E-state index in [1.54, 1.807) is 11.9 Å². The molecule has 1 aliphatic heterocycles. The van der Waals surface area contributed by atoms with Crippen LogP contribution in [0.15, 0.2) is 34.9 Å². The van der Waals surface area contributed by atoms with Crippen LogP contribution in [-0.2, 0) is 0 Å². The van der Waals surface area contributed by atoms with Crippen LogP contribution < -0.4 is 5.32 Å². The molecule has 4 heteroatoms. The zero-order valence-electron chi connectivity index (χ0n) is 8.82. The molecule has 15 heavy (non-hydrogen) atoms. The Hall–Kier alpha value is -1.13. The lowest BCUT2D eigenvalue weighted by Crippen LogP contribution is -2.24. The first-order valence-corrected chi connectivity index (χ1v) is 5.59. The summed E-state index contributed by atoms with van der Waals surface area (Å²) in [5.41, 5.74) is 1.84. The molecule has 1 aromatic rings. The predicted molar refractivity (Wildman–Crippen MR) is 63.5 cm³/mol. The topological polar surface area (TPSA) is 35.5 Å². The Bertz CT molecular complexity index is 403. The number of likely N-dealkylation sites (N-methyl/N-ethyl adjacent to an activating group) is 2. The van der Waals surface area contributed by atoms with E-state index in [2.05, 4.69) is 5.32 Å². The van der Waals surface area contributed by atoms with Crippen molar-refractivity contribution >= 4 is 17.7 Å². The van der Waals surface area contributed by atoms with Gasteiger partial charge in [-0.05, 0) is 31.1 Å². The van der Waals surface area contributed by atoms with Crippen LogP contribution in [0.5, 0.6) is 0 Å². The minimum Gasteiger partial charge on any atom is -0.505 e. The molecule has 0 unspecified atom stereocenters. The maximum absolute atomic E-state index is 10.1. The number of aliphatic hydroxyl groups excluding tert-OH is 1. The maximum Gasteiger partial charge on any atom is 0.145 e. The number of benzene rings is 1. The standard InChI is InChI=1S/C11H14N2OS/c1-12-7-9-11(14)8-5-3-4-6-10(8)15-13(9)2/h3-6,12,14H,7H2,1-2H3. The molecule has 0 saturated carbocycles. The second kappa shape index (κ2) is 4.16. The van der Waals surface area contributed by atoms with Crippen molar-refractivity contribution in [3.8, 4) is 0 Å². The van der Waals surface area contributed by atoms with Gasteiger partial charge in [0.1, 0.15) is 5.76 Å². The molecule has 1 aromatic carbocycles. The summed E-state index contributed by atoms with van der Waals surface area (Å²) < 4.78 is 1.99. The molecule has 0 aromatic heterocycles. The van der Waals surface area contributed by atoms with E-state index in [0.717, 1.165) is 16.2 Å². The molecule has 2 rings (SSSR count). The summed E-state index contributed by atoms with van der Waals surface area (Å²) in [5.74, 6) is 0.376. The summed E-state index contributed by atoms with van der Waals surface area (Å²) >= 11 is 1.64. The van der Waals surface area contributed by atoms with Crippen molar-refractivity contribution in [2.24, 2.45) is 0 Å². The van der Waals surface area contributed by atoms with E-state index in [0.29, 0.717) is 12.3 Å². The molecule has 0 spiro atoms. The van der Waals surface area contributed by atoms with Crippen molar-refractivity contribution in [3.63, 3.8) is 0 Å². The zero-order chi connectivity index (χ0) is 10.8. The number of nitrogens with zero attached hydrogens (tertiary/aromatic N) is 1. The summed E-state index contributed by atoms with van der Waals surface area (Å²) in [6.07, 6.45) is 0. The summed E-state index contributed by atoms with van der Waals surface area (Å²) in [6, 6.07) is 7.89. The zero-order valence-corrected chi connectivity index (χ0v) is 9.64. The van der Waals surface area contributed by atoms with Crippen LogP contribution in [0, 0.1) is 0 Å². The molecule has 3 nitrogen and oxygen atoms in total. The molecular formula is C11H14N2OS. The van der Waals surface area contributed by atoms with E-state index < -0.39 is 0 Å². The highest BCUT2D eigenvalue weighted by molar-refractivity contribution is 7.97. The van der Waals surface area contributed by atoms with E-state index in [9.17, 15) is 5.11 Å². The lowest BCUT2D eigenvalue weighted by Gasteiger charge is -2.28. The largest absolute Gasteiger partial charge is 0.505 e. The smallest absolute Gasteiger partial charge is 0.145 e. The number of aliphatic hydroxyl groups is 1. The lowest BCUT2D eigenvalue weighted by molar-refractivity contribution is 0.478. The Balaban J connectivity index is 2.47. The van der Waals surface area contributed by atoms with Crippen LogP contribution >= 0.6 is 11.9 Å². The molecule has 80 valence electrons. The highest BCUT2D eigenvalue weighted by atomic mass is 32.2. The maximum atomic E-state index is 10.1. The first-order valence-electron chi connectivity index (χ1n) is 4.82. The fourth-order valence-corrected chi connectivity index (χ4v) is 2.57. The third kappa shape index (κ3) is 1.82. The average molecular weight is 222 g/mol. The van der Waals surface area contributed by atoms with Gasteiger partial charge in [-0.3, -0.25) is 0 Å². The van der Waals surface area contributed by atoms with Gasteiger partial charge in [-0.1, -0.05) is 12.1 Å². The number of nitrogens with one attached hydrogen (secondary N) is 1. The van der Waals surface area contributed by atoms with E-state index >= 15 is 0 Å². The molecule has 0 aliphatic carbocycles. The molecule has 2 N–H and O–H groups in total. The Kier molecular flexibility index (Phi) is 2.88. The van der Waals surface area contributed by atoms with E-state index in [1.165, 1.54) is 0 Å². The van der Waals surface area contributed by atoms with Gasteiger partial charge in [0.2, 0.25) is 0 Å². The molecule has 1 aliphatic rings. The van der Waals surface area contributed by atoms with Gasteiger partial charge >= 0.3 is 0 Å². The molecular weight excluding hydrogens is 208 g/mol. The van der Waals surface area contributed by atoms with Crippen LogP contribution in [0.3, 0.4) is 0 Å². The SMILES string of the molecule is CNCC1=C(O)c2ccccc2SN1C. The highest BCUT2D eigenvalue weighted by Crippen LogP contribution is 2.37. The van der Waals surface area contributed by atoms with Gasteiger partial charge in [0, 0.05) is 24.1 Å². The quantitative estimate of drug-likeness (QED) is 0.751. The van der Waals surface area contributed by atoms with Gasteiger partial charge < -0.3 is 14.7 Å². The Morgan fingerprint density at radius 1 is 1.40 bits per heavy atom. The fourth-order valence-electron chi connectivity index (χ4n) is 1.61. The second-order valence-electron chi connectivity index (χ2n) is 3.41. The highest BCUT2D eigenvalue weighted by Gasteiger charge is 2.21. The van der Waals surface area contributed by atoms with Crippen LogP contribution in [0.1, 0.15) is 5.56 Å². The molecule has 0 fully saturated rings. The normalized spacial score (nSPS) is 15.5. The molecule has 0 atom stereocenters. The predicted octanol–water partition coefficient (Wildman–Crippen LogP) is 2.09. The van der Waals surface area contributed by atoms with E-state index in [4.69, 9.17) is 0 Å². The summed E-state index contributed by atoms with van der Waals surface area (Å²) in [7, 11) is 3.84. The molecule has 1 heterocycles. The van der Waals surface area contributed by atoms with Crippen molar-refractivity contribution < 1.29 is 5.11 Å². The van der Waals surface area contributed by atoms with Gasteiger partial charge in [0.05, 0.1) is 5.70 Å². The van der Waals surface area contributed by atoms with Gasteiger partial charge in [0.15, 0.2) is 0 Å². The number of hydrogen-bond acceptors (Lipinski definition) is 4. The Labute approximate surface area is 93.9 Å². The average Bonchev–Trinajstić information content (AvgIpc) is 2.24. The summed E-state index contributed by atoms with van der Waals surface area (Å²) in [5, 5.41) is 13.2. The molecule has 0 radical (unpaired) electrons. The number of hydrogen-bond donors (Lipinski definition) is 2. The van der Waals surface area contributed by atoms with E-state index in [-0.39, 0.29) is 0 Å². The van der Waals surface area contributed by atoms with Gasteiger partial charge in [-0.2, -0.15) is 0 Å². The minimum atomic E-state index is 0.376. The van der Waals surface area contributed by atoms with E-state index in [1.807, 2.05) is 42.7 Å². The van der Waals surface area contributed by atoms with Gasteiger partial charge in [-0.25, -0.2) is 0 Å². The Morgan fingerprint density at radius 3 is 2.87 bits per heavy atom. The fraction of sp³-hybridized carbons (Fsp3) is 0.273. The van der Waals surface area contributed by atoms with Crippen molar-refractivity contribution in [1.29, 1.82) is 0 Å². The lowest BCUT2D eigenvalue weighted by atomic mass is 10.1. The number of rotatable bonds is 2. The molecule has 0 bridgehead atoms. The van der Waals surface area contributed by atoms with Crippen LogP contribution in [-0.4, -0.2) is 30.1 Å². The van der Waals surface area contributed by atoms with Crippen molar-refractivity contribution in [1.82, 2.24) is 9.62 Å². The number of fused-ring (bicyclic) bond motifs is 1. The monoisotopic (exact) mass is 222 g/mol. The Morgan fingerprint density at radius 2 is 2.13 bits per heavy atom. The second-order valence-corrected chi connectivity index (χ2v) is 4.58. The molecule has 0 saturated heterocycles. The first kappa shape index (κ1) is 10.4. The van der Waals surface area contributed by atoms with Crippen molar-refractivity contribution in [3.05, 3.63) is 35.5 Å². The first-order chi connectivity index (χ1) is 7.24. The van der Waals surface area contributed by atoms with Crippen LogP contribution in [0.4, 0.5) is 0 Å². The summed E-state index contributed by atoms with van der Waals surface area (Å²) in [6.45, 7) is 0.670. The summed E-state index contributed by atoms with van der Waals surface area (Å²) in [4.78, 5) is 1.09. The van der Waals surface area contributed by atoms with Crippen LogP contribution in [0.25, 0.3) is 5.76 Å².